The molecular formula is C23H32N3O2+. The van der Waals surface area contributed by atoms with Crippen LogP contribution in [0.15, 0.2) is 42.5 Å². The summed E-state index contributed by atoms with van der Waals surface area (Å²) in [7, 11) is 1.86. The van der Waals surface area contributed by atoms with E-state index in [0.29, 0.717) is 5.92 Å². The molecule has 5 nitrogen and oxygen atoms in total. The van der Waals surface area contributed by atoms with Crippen LogP contribution >= 0.6 is 0 Å². The Kier molecular flexibility index (Phi) is 7.35. The van der Waals surface area contributed by atoms with Crippen LogP contribution in [0.5, 0.6) is 0 Å². The van der Waals surface area contributed by atoms with Crippen molar-refractivity contribution in [1.29, 1.82) is 0 Å². The third-order valence-corrected chi connectivity index (χ3v) is 5.08. The first-order chi connectivity index (χ1) is 13.2. The number of rotatable bonds is 7. The Morgan fingerprint density at radius 3 is 2.21 bits per heavy atom. The fourth-order valence-corrected chi connectivity index (χ4v) is 3.05. The second-order valence-corrected chi connectivity index (χ2v) is 7.84. The second kappa shape index (κ2) is 9.51. The SMILES string of the molecule is Cc1ccc(NC(=O)C[NH+](C)[C@H](C)C(=O)Nc2c(C)cccc2C(C)C)cc1. The number of nitrogens with one attached hydrogen (secondary N) is 3. The van der Waals surface area contributed by atoms with E-state index in [9.17, 15) is 9.59 Å². The summed E-state index contributed by atoms with van der Waals surface area (Å²) < 4.78 is 0. The highest BCUT2D eigenvalue weighted by atomic mass is 16.2. The van der Waals surface area contributed by atoms with E-state index in [-0.39, 0.29) is 24.4 Å². The Hall–Kier alpha value is -2.66. The van der Waals surface area contributed by atoms with Crippen molar-refractivity contribution >= 4 is 23.2 Å². The fraction of sp³-hybridized carbons (Fsp3) is 0.391. The summed E-state index contributed by atoms with van der Waals surface area (Å²) in [5, 5.41) is 5.96. The van der Waals surface area contributed by atoms with Gasteiger partial charge in [0.05, 0.1) is 7.05 Å². The molecule has 0 radical (unpaired) electrons. The maximum atomic E-state index is 12.8. The molecule has 5 heteroatoms. The van der Waals surface area contributed by atoms with Gasteiger partial charge in [0, 0.05) is 11.4 Å². The fourth-order valence-electron chi connectivity index (χ4n) is 3.05. The Morgan fingerprint density at radius 2 is 1.61 bits per heavy atom. The minimum Gasteiger partial charge on any atom is -0.321 e. The first kappa shape index (κ1) is 21.6. The summed E-state index contributed by atoms with van der Waals surface area (Å²) in [5.41, 5.74) is 4.95. The van der Waals surface area contributed by atoms with E-state index < -0.39 is 0 Å². The molecule has 0 heterocycles. The predicted molar refractivity (Wildman–Crippen MR) is 115 cm³/mol. The predicted octanol–water partition coefficient (Wildman–Crippen LogP) is 2.91. The summed E-state index contributed by atoms with van der Waals surface area (Å²) in [6.07, 6.45) is 0. The zero-order valence-corrected chi connectivity index (χ0v) is 17.7. The molecular weight excluding hydrogens is 350 g/mol. The highest BCUT2D eigenvalue weighted by Crippen LogP contribution is 2.27. The van der Waals surface area contributed by atoms with Gasteiger partial charge in [-0.3, -0.25) is 9.59 Å². The highest BCUT2D eigenvalue weighted by molar-refractivity contribution is 5.95. The molecule has 0 aromatic heterocycles. The number of benzene rings is 2. The van der Waals surface area contributed by atoms with Crippen molar-refractivity contribution in [3.63, 3.8) is 0 Å². The van der Waals surface area contributed by atoms with E-state index >= 15 is 0 Å². The molecule has 28 heavy (non-hydrogen) atoms. The molecule has 0 aliphatic carbocycles. The molecule has 0 bridgehead atoms. The molecule has 2 atom stereocenters. The van der Waals surface area contributed by atoms with Gasteiger partial charge in [-0.25, -0.2) is 0 Å². The number of carbonyl (C=O) groups is 2. The van der Waals surface area contributed by atoms with Crippen molar-refractivity contribution in [3.8, 4) is 0 Å². The minimum absolute atomic E-state index is 0.0863. The molecule has 150 valence electrons. The van der Waals surface area contributed by atoms with E-state index in [0.717, 1.165) is 33.0 Å². The van der Waals surface area contributed by atoms with Gasteiger partial charge in [0.2, 0.25) is 0 Å². The van der Waals surface area contributed by atoms with Crippen LogP contribution in [0.4, 0.5) is 11.4 Å². The van der Waals surface area contributed by atoms with Gasteiger partial charge in [-0.1, -0.05) is 49.7 Å². The zero-order valence-electron chi connectivity index (χ0n) is 17.7. The topological polar surface area (TPSA) is 62.6 Å². The van der Waals surface area contributed by atoms with Gasteiger partial charge in [0.25, 0.3) is 11.8 Å². The molecule has 0 aliphatic heterocycles. The van der Waals surface area contributed by atoms with Gasteiger partial charge in [0.15, 0.2) is 12.6 Å². The van der Waals surface area contributed by atoms with Gasteiger partial charge in [-0.2, -0.15) is 0 Å². The van der Waals surface area contributed by atoms with E-state index in [1.165, 1.54) is 0 Å². The molecule has 1 unspecified atom stereocenters. The minimum atomic E-state index is -0.358. The molecule has 0 saturated heterocycles. The average molecular weight is 383 g/mol. The average Bonchev–Trinajstić information content (AvgIpc) is 2.64. The lowest BCUT2D eigenvalue weighted by Gasteiger charge is -2.22. The third-order valence-electron chi connectivity index (χ3n) is 5.08. The van der Waals surface area contributed by atoms with Gasteiger partial charge in [0.1, 0.15) is 0 Å². The van der Waals surface area contributed by atoms with Crippen LogP contribution in [0.1, 0.15) is 43.4 Å². The van der Waals surface area contributed by atoms with E-state index in [1.54, 1.807) is 0 Å². The Morgan fingerprint density at radius 1 is 0.964 bits per heavy atom. The van der Waals surface area contributed by atoms with Crippen LogP contribution in [0, 0.1) is 13.8 Å². The second-order valence-electron chi connectivity index (χ2n) is 7.84. The van der Waals surface area contributed by atoms with E-state index in [1.807, 2.05) is 70.3 Å². The van der Waals surface area contributed by atoms with Gasteiger partial charge < -0.3 is 15.5 Å². The Bertz CT molecular complexity index is 828. The van der Waals surface area contributed by atoms with Crippen LogP contribution in [0.3, 0.4) is 0 Å². The maximum absolute atomic E-state index is 12.8. The van der Waals surface area contributed by atoms with E-state index in [2.05, 4.69) is 24.5 Å². The highest BCUT2D eigenvalue weighted by Gasteiger charge is 2.25. The summed E-state index contributed by atoms with van der Waals surface area (Å²) in [5.74, 6) is 0.118. The first-order valence-electron chi connectivity index (χ1n) is 9.78. The summed E-state index contributed by atoms with van der Waals surface area (Å²) in [6, 6.07) is 13.4. The number of aryl methyl sites for hydroxylation is 2. The van der Waals surface area contributed by atoms with Crippen LogP contribution in [-0.2, 0) is 9.59 Å². The zero-order chi connectivity index (χ0) is 20.8. The largest absolute Gasteiger partial charge is 0.321 e. The van der Waals surface area contributed by atoms with Crippen LogP contribution < -0.4 is 15.5 Å². The number of carbonyl (C=O) groups excluding carboxylic acids is 2. The molecule has 0 spiro atoms. The monoisotopic (exact) mass is 382 g/mol. The number of para-hydroxylation sites is 1. The van der Waals surface area contributed by atoms with Gasteiger partial charge in [-0.05, 0) is 49.9 Å². The third kappa shape index (κ3) is 5.67. The number of hydrogen-bond donors (Lipinski definition) is 3. The van der Waals surface area contributed by atoms with Crippen molar-refractivity contribution in [3.05, 3.63) is 59.2 Å². The number of anilines is 2. The lowest BCUT2D eigenvalue weighted by Crippen LogP contribution is -3.14. The number of quaternary nitrogens is 1. The number of hydrogen-bond acceptors (Lipinski definition) is 2. The smallest absolute Gasteiger partial charge is 0.282 e. The van der Waals surface area contributed by atoms with Crippen molar-refractivity contribution in [2.45, 2.75) is 46.6 Å². The quantitative estimate of drug-likeness (QED) is 0.689. The molecule has 2 rings (SSSR count). The van der Waals surface area contributed by atoms with Crippen molar-refractivity contribution in [2.75, 3.05) is 24.2 Å². The summed E-state index contributed by atoms with van der Waals surface area (Å²) >= 11 is 0. The van der Waals surface area contributed by atoms with Crippen molar-refractivity contribution in [1.82, 2.24) is 0 Å². The Labute approximate surface area is 168 Å². The van der Waals surface area contributed by atoms with Crippen LogP contribution in [0.25, 0.3) is 0 Å². The summed E-state index contributed by atoms with van der Waals surface area (Å²) in [6.45, 7) is 10.3. The molecule has 2 amide bonds. The molecule has 0 saturated carbocycles. The molecule has 3 N–H and O–H groups in total. The summed E-state index contributed by atoms with van der Waals surface area (Å²) in [4.78, 5) is 26.0. The van der Waals surface area contributed by atoms with Gasteiger partial charge >= 0.3 is 0 Å². The first-order valence-corrected chi connectivity index (χ1v) is 9.78. The van der Waals surface area contributed by atoms with Crippen LogP contribution in [-0.4, -0.2) is 31.4 Å². The normalized spacial score (nSPS) is 13.1. The number of amides is 2. The van der Waals surface area contributed by atoms with Crippen molar-refractivity contribution < 1.29 is 14.5 Å². The van der Waals surface area contributed by atoms with Crippen LogP contribution in [0.2, 0.25) is 0 Å². The number of likely N-dealkylation sites (N-methyl/N-ethyl adjacent to an activating group) is 1. The molecule has 0 fully saturated rings. The lowest BCUT2D eigenvalue weighted by molar-refractivity contribution is -0.885. The van der Waals surface area contributed by atoms with Gasteiger partial charge in [-0.15, -0.1) is 0 Å². The van der Waals surface area contributed by atoms with Crippen molar-refractivity contribution in [2.24, 2.45) is 0 Å². The molecule has 2 aromatic rings. The molecule has 2 aromatic carbocycles. The van der Waals surface area contributed by atoms with E-state index in [4.69, 9.17) is 0 Å². The standard InChI is InChI=1S/C23H31N3O2/c1-15(2)20-9-7-8-17(4)22(20)25-23(28)18(5)26(6)14-21(27)24-19-12-10-16(3)11-13-19/h7-13,15,18H,14H2,1-6H3,(H,24,27)(H,25,28)/p+1/t18-/m1/s1. The lowest BCUT2D eigenvalue weighted by atomic mass is 9.98. The maximum Gasteiger partial charge on any atom is 0.282 e. The molecule has 0 aliphatic rings. The Balaban J connectivity index is 1.99.